The highest BCUT2D eigenvalue weighted by Gasteiger charge is 2.27. The Balaban J connectivity index is 1.95. The van der Waals surface area contributed by atoms with Crippen LogP contribution in [0.3, 0.4) is 0 Å². The molecule has 5 heteroatoms. The van der Waals surface area contributed by atoms with Gasteiger partial charge in [0.1, 0.15) is 6.04 Å². The maximum atomic E-state index is 12.3. The minimum Gasteiger partial charge on any atom is -0.352 e. The Morgan fingerprint density at radius 1 is 1.30 bits per heavy atom. The molecular weight excluding hydrogens is 272 g/mol. The molecule has 1 saturated carbocycles. The van der Waals surface area contributed by atoms with E-state index in [1.54, 1.807) is 6.07 Å². The average molecular weight is 294 g/mol. The average Bonchev–Trinajstić information content (AvgIpc) is 3.07. The summed E-state index contributed by atoms with van der Waals surface area (Å²) in [5.74, 6) is -0.155. The van der Waals surface area contributed by atoms with E-state index in [4.69, 9.17) is 0 Å². The van der Waals surface area contributed by atoms with Crippen molar-refractivity contribution in [3.05, 3.63) is 22.4 Å². The van der Waals surface area contributed by atoms with Crippen LogP contribution in [0.15, 0.2) is 17.5 Å². The Hall–Kier alpha value is -1.36. The van der Waals surface area contributed by atoms with E-state index in [-0.39, 0.29) is 23.8 Å². The first kappa shape index (κ1) is 15.0. The molecule has 0 unspecified atom stereocenters. The van der Waals surface area contributed by atoms with Gasteiger partial charge in [-0.3, -0.25) is 9.59 Å². The predicted molar refractivity (Wildman–Crippen MR) is 80.8 cm³/mol. The summed E-state index contributed by atoms with van der Waals surface area (Å²) in [7, 11) is 0. The highest BCUT2D eigenvalue weighted by Crippen LogP contribution is 2.18. The predicted octanol–water partition coefficient (Wildman–Crippen LogP) is 2.56. The van der Waals surface area contributed by atoms with Gasteiger partial charge in [-0.05, 0) is 30.2 Å². The first-order valence-electron chi connectivity index (χ1n) is 7.22. The zero-order valence-corrected chi connectivity index (χ0v) is 12.8. The van der Waals surface area contributed by atoms with Crippen molar-refractivity contribution in [3.63, 3.8) is 0 Å². The van der Waals surface area contributed by atoms with Crippen molar-refractivity contribution in [1.82, 2.24) is 10.6 Å². The molecule has 110 valence electrons. The van der Waals surface area contributed by atoms with Crippen molar-refractivity contribution >= 4 is 23.2 Å². The van der Waals surface area contributed by atoms with Gasteiger partial charge in [0, 0.05) is 6.04 Å². The number of rotatable bonds is 5. The molecule has 0 aliphatic heterocycles. The number of thiophene rings is 1. The standard InChI is InChI=1S/C15H22N2O2S/c1-10(2)13(15(19)16-11-6-3-4-7-11)17-14(18)12-8-5-9-20-12/h5,8-11,13H,3-4,6-7H2,1-2H3,(H,16,19)(H,17,18)/t13-/m0/s1. The van der Waals surface area contributed by atoms with Crippen molar-refractivity contribution < 1.29 is 9.59 Å². The topological polar surface area (TPSA) is 58.2 Å². The summed E-state index contributed by atoms with van der Waals surface area (Å²) in [6.45, 7) is 3.90. The molecule has 1 aromatic heterocycles. The zero-order valence-electron chi connectivity index (χ0n) is 12.0. The van der Waals surface area contributed by atoms with Crippen LogP contribution in [0.25, 0.3) is 0 Å². The fraction of sp³-hybridized carbons (Fsp3) is 0.600. The molecule has 20 heavy (non-hydrogen) atoms. The van der Waals surface area contributed by atoms with Gasteiger partial charge >= 0.3 is 0 Å². The van der Waals surface area contributed by atoms with Gasteiger partial charge < -0.3 is 10.6 Å². The molecule has 0 spiro atoms. The van der Waals surface area contributed by atoms with E-state index in [0.717, 1.165) is 12.8 Å². The van der Waals surface area contributed by atoms with Gasteiger partial charge in [-0.15, -0.1) is 11.3 Å². The van der Waals surface area contributed by atoms with Crippen LogP contribution in [0, 0.1) is 5.92 Å². The van der Waals surface area contributed by atoms with Crippen molar-refractivity contribution in [3.8, 4) is 0 Å². The summed E-state index contributed by atoms with van der Waals surface area (Å²) in [6.07, 6.45) is 4.46. The molecule has 1 atom stereocenters. The van der Waals surface area contributed by atoms with Gasteiger partial charge in [0.2, 0.25) is 5.91 Å². The van der Waals surface area contributed by atoms with Crippen LogP contribution in [0.1, 0.15) is 49.2 Å². The summed E-state index contributed by atoms with van der Waals surface area (Å²) in [5.41, 5.74) is 0. The summed E-state index contributed by atoms with van der Waals surface area (Å²) in [4.78, 5) is 25.0. The Kier molecular flexibility index (Phi) is 5.17. The number of carbonyl (C=O) groups is 2. The Morgan fingerprint density at radius 3 is 2.55 bits per heavy atom. The van der Waals surface area contributed by atoms with Gasteiger partial charge in [0.25, 0.3) is 5.91 Å². The molecule has 0 radical (unpaired) electrons. The number of hydrogen-bond acceptors (Lipinski definition) is 3. The zero-order chi connectivity index (χ0) is 14.5. The largest absolute Gasteiger partial charge is 0.352 e. The fourth-order valence-electron chi connectivity index (χ4n) is 2.52. The maximum absolute atomic E-state index is 12.3. The number of amides is 2. The van der Waals surface area contributed by atoms with Crippen LogP contribution in [0.5, 0.6) is 0 Å². The van der Waals surface area contributed by atoms with E-state index in [2.05, 4.69) is 10.6 Å². The molecular formula is C15H22N2O2S. The monoisotopic (exact) mass is 294 g/mol. The second kappa shape index (κ2) is 6.88. The van der Waals surface area contributed by atoms with E-state index < -0.39 is 6.04 Å². The summed E-state index contributed by atoms with van der Waals surface area (Å²) >= 11 is 1.39. The highest BCUT2D eigenvalue weighted by atomic mass is 32.1. The third-order valence-corrected chi connectivity index (χ3v) is 4.55. The van der Waals surface area contributed by atoms with Gasteiger partial charge in [-0.25, -0.2) is 0 Å². The normalized spacial score (nSPS) is 17.1. The van der Waals surface area contributed by atoms with E-state index >= 15 is 0 Å². The molecule has 1 aliphatic carbocycles. The van der Waals surface area contributed by atoms with Crippen LogP contribution in [0.2, 0.25) is 0 Å². The molecule has 1 fully saturated rings. The second-order valence-corrected chi connectivity index (χ2v) is 6.61. The van der Waals surface area contributed by atoms with Crippen LogP contribution < -0.4 is 10.6 Å². The lowest BCUT2D eigenvalue weighted by Crippen LogP contribution is -2.51. The van der Waals surface area contributed by atoms with E-state index in [1.165, 1.54) is 24.2 Å². The lowest BCUT2D eigenvalue weighted by molar-refractivity contribution is -0.124. The first-order chi connectivity index (χ1) is 9.58. The molecule has 1 aliphatic rings. The lowest BCUT2D eigenvalue weighted by Gasteiger charge is -2.23. The molecule has 2 amide bonds. The Labute approximate surface area is 124 Å². The van der Waals surface area contributed by atoms with Crippen LogP contribution >= 0.6 is 11.3 Å². The van der Waals surface area contributed by atoms with Crippen molar-refractivity contribution in [2.45, 2.75) is 51.6 Å². The Bertz CT molecular complexity index is 450. The molecule has 1 aromatic rings. The third-order valence-electron chi connectivity index (χ3n) is 3.68. The number of nitrogens with one attached hydrogen (secondary N) is 2. The third kappa shape index (κ3) is 3.82. The summed E-state index contributed by atoms with van der Waals surface area (Å²) < 4.78 is 0. The van der Waals surface area contributed by atoms with E-state index in [9.17, 15) is 9.59 Å². The number of hydrogen-bond donors (Lipinski definition) is 2. The van der Waals surface area contributed by atoms with Crippen LogP contribution in [0.4, 0.5) is 0 Å². The summed E-state index contributed by atoms with van der Waals surface area (Å²) in [6, 6.07) is 3.42. The minimum absolute atomic E-state index is 0.0585. The Morgan fingerprint density at radius 2 is 2.00 bits per heavy atom. The molecule has 0 saturated heterocycles. The van der Waals surface area contributed by atoms with Gasteiger partial charge in [-0.2, -0.15) is 0 Å². The van der Waals surface area contributed by atoms with Gasteiger partial charge in [0.05, 0.1) is 4.88 Å². The smallest absolute Gasteiger partial charge is 0.262 e. The lowest BCUT2D eigenvalue weighted by atomic mass is 10.0. The summed E-state index contributed by atoms with van der Waals surface area (Å²) in [5, 5.41) is 7.77. The van der Waals surface area contributed by atoms with Crippen LogP contribution in [-0.2, 0) is 4.79 Å². The molecule has 2 N–H and O–H groups in total. The molecule has 0 aromatic carbocycles. The van der Waals surface area contributed by atoms with Crippen molar-refractivity contribution in [1.29, 1.82) is 0 Å². The fourth-order valence-corrected chi connectivity index (χ4v) is 3.14. The molecule has 2 rings (SSSR count). The van der Waals surface area contributed by atoms with Crippen LogP contribution in [-0.4, -0.2) is 23.9 Å². The SMILES string of the molecule is CC(C)[C@H](NC(=O)c1cccs1)C(=O)NC1CCCC1. The second-order valence-electron chi connectivity index (χ2n) is 5.66. The quantitative estimate of drug-likeness (QED) is 0.877. The molecule has 4 nitrogen and oxygen atoms in total. The molecule has 1 heterocycles. The first-order valence-corrected chi connectivity index (χ1v) is 8.10. The van der Waals surface area contributed by atoms with Gasteiger partial charge in [0.15, 0.2) is 0 Å². The van der Waals surface area contributed by atoms with Crippen molar-refractivity contribution in [2.75, 3.05) is 0 Å². The van der Waals surface area contributed by atoms with Gasteiger partial charge in [-0.1, -0.05) is 32.8 Å². The highest BCUT2D eigenvalue weighted by molar-refractivity contribution is 7.12. The number of carbonyl (C=O) groups excluding carboxylic acids is 2. The van der Waals surface area contributed by atoms with Crippen molar-refractivity contribution in [2.24, 2.45) is 5.92 Å². The molecule has 0 bridgehead atoms. The van der Waals surface area contributed by atoms with E-state index in [1.807, 2.05) is 25.3 Å². The van der Waals surface area contributed by atoms with E-state index in [0.29, 0.717) is 4.88 Å². The minimum atomic E-state index is -0.467. The maximum Gasteiger partial charge on any atom is 0.262 e.